The molecule has 0 saturated heterocycles. The van der Waals surface area contributed by atoms with Gasteiger partial charge in [0.25, 0.3) is 5.91 Å². The maximum atomic E-state index is 11.9. The number of nitrogens with two attached hydrogens (primary N) is 2. The number of aromatic amines is 1. The lowest BCUT2D eigenvalue weighted by Crippen LogP contribution is -2.34. The van der Waals surface area contributed by atoms with Gasteiger partial charge in [-0.1, -0.05) is 6.92 Å². The van der Waals surface area contributed by atoms with E-state index in [1.165, 1.54) is 11.3 Å². The molecule has 7 nitrogen and oxygen atoms in total. The highest BCUT2D eigenvalue weighted by atomic mass is 32.1. The average molecular weight is 307 g/mol. The Morgan fingerprint density at radius 3 is 2.71 bits per heavy atom. The molecule has 0 saturated carbocycles. The molecule has 0 aromatic carbocycles. The molecule has 0 aliphatic heterocycles. The number of carbonyl (C=O) groups excluding carboxylic acids is 2. The van der Waals surface area contributed by atoms with Crippen LogP contribution >= 0.6 is 11.3 Å². The Labute approximate surface area is 125 Å². The first-order chi connectivity index (χ1) is 9.88. The van der Waals surface area contributed by atoms with Crippen molar-refractivity contribution >= 4 is 28.3 Å². The minimum atomic E-state index is -0.532. The van der Waals surface area contributed by atoms with E-state index in [1.807, 2.05) is 0 Å². The van der Waals surface area contributed by atoms with E-state index in [0.717, 1.165) is 5.56 Å². The van der Waals surface area contributed by atoms with E-state index in [4.69, 9.17) is 11.5 Å². The largest absolute Gasteiger partial charge is 0.364 e. The van der Waals surface area contributed by atoms with E-state index in [0.29, 0.717) is 16.5 Å². The molecule has 0 aliphatic rings. The first-order valence-corrected chi connectivity index (χ1v) is 7.27. The first kappa shape index (κ1) is 15.2. The molecule has 0 aliphatic carbocycles. The highest BCUT2D eigenvalue weighted by molar-refractivity contribution is 7.14. The number of carbonyl (C=O) groups is 2. The molecule has 2 amide bonds. The van der Waals surface area contributed by atoms with Gasteiger partial charge < -0.3 is 21.8 Å². The maximum absolute atomic E-state index is 11.9. The van der Waals surface area contributed by atoms with Crippen LogP contribution in [0.1, 0.15) is 24.3 Å². The van der Waals surface area contributed by atoms with Gasteiger partial charge in [0.1, 0.15) is 5.69 Å². The third kappa shape index (κ3) is 3.47. The smallest absolute Gasteiger partial charge is 0.265 e. The molecule has 0 bridgehead atoms. The fraction of sp³-hybridized carbons (Fsp3) is 0.308. The monoisotopic (exact) mass is 307 g/mol. The van der Waals surface area contributed by atoms with Crippen molar-refractivity contribution in [2.75, 3.05) is 5.32 Å². The quantitative estimate of drug-likeness (QED) is 0.661. The minimum Gasteiger partial charge on any atom is -0.364 e. The lowest BCUT2D eigenvalue weighted by atomic mass is 10.0. The normalized spacial score (nSPS) is 13.7. The summed E-state index contributed by atoms with van der Waals surface area (Å²) in [6, 6.07) is 1.39. The van der Waals surface area contributed by atoms with Crippen LogP contribution in [0.3, 0.4) is 0 Å². The summed E-state index contributed by atoms with van der Waals surface area (Å²) in [6.45, 7) is 3.54. The molecule has 2 unspecified atom stereocenters. The van der Waals surface area contributed by atoms with Crippen molar-refractivity contribution in [3.8, 4) is 11.3 Å². The zero-order valence-electron chi connectivity index (χ0n) is 11.7. The standard InChI is InChI=1S/C13H17N5O2S/c1-6(7(2)14)12(20)18-13-17-10(5-21-13)8-3-9(11(15)19)16-4-8/h3-7,16H,14H2,1-2H3,(H2,15,19)(H,17,18,20). The summed E-state index contributed by atoms with van der Waals surface area (Å²) >= 11 is 1.31. The number of hydrogen-bond donors (Lipinski definition) is 4. The summed E-state index contributed by atoms with van der Waals surface area (Å²) in [4.78, 5) is 30.0. The number of thiazole rings is 1. The summed E-state index contributed by atoms with van der Waals surface area (Å²) in [6.07, 6.45) is 1.64. The zero-order valence-corrected chi connectivity index (χ0v) is 12.5. The molecule has 8 heteroatoms. The van der Waals surface area contributed by atoms with Crippen LogP contribution < -0.4 is 16.8 Å². The second-order valence-corrected chi connectivity index (χ2v) is 5.70. The van der Waals surface area contributed by atoms with Crippen molar-refractivity contribution in [1.29, 1.82) is 0 Å². The third-order valence-electron chi connectivity index (χ3n) is 3.18. The summed E-state index contributed by atoms with van der Waals surface area (Å²) < 4.78 is 0. The second-order valence-electron chi connectivity index (χ2n) is 4.84. The average Bonchev–Trinajstić information content (AvgIpc) is 3.05. The SMILES string of the molecule is CC(N)C(C)C(=O)Nc1nc(-c2c[nH]c(C(N)=O)c2)cs1. The lowest BCUT2D eigenvalue weighted by molar-refractivity contribution is -0.119. The van der Waals surface area contributed by atoms with Crippen molar-refractivity contribution in [2.24, 2.45) is 17.4 Å². The van der Waals surface area contributed by atoms with Crippen molar-refractivity contribution in [3.05, 3.63) is 23.3 Å². The first-order valence-electron chi connectivity index (χ1n) is 6.39. The van der Waals surface area contributed by atoms with Gasteiger partial charge in [-0.3, -0.25) is 9.59 Å². The van der Waals surface area contributed by atoms with Gasteiger partial charge in [-0.05, 0) is 13.0 Å². The van der Waals surface area contributed by atoms with Crippen molar-refractivity contribution < 1.29 is 9.59 Å². The molecule has 0 radical (unpaired) electrons. The Hall–Kier alpha value is -2.19. The Morgan fingerprint density at radius 2 is 2.14 bits per heavy atom. The fourth-order valence-corrected chi connectivity index (χ4v) is 2.33. The fourth-order valence-electron chi connectivity index (χ4n) is 1.61. The number of hydrogen-bond acceptors (Lipinski definition) is 5. The molecule has 2 heterocycles. The number of amides is 2. The van der Waals surface area contributed by atoms with E-state index in [-0.39, 0.29) is 17.9 Å². The maximum Gasteiger partial charge on any atom is 0.265 e. The van der Waals surface area contributed by atoms with Gasteiger partial charge >= 0.3 is 0 Å². The third-order valence-corrected chi connectivity index (χ3v) is 3.94. The van der Waals surface area contributed by atoms with E-state index >= 15 is 0 Å². The number of nitrogens with zero attached hydrogens (tertiary/aromatic N) is 1. The van der Waals surface area contributed by atoms with Crippen LogP contribution in [-0.4, -0.2) is 27.8 Å². The van der Waals surface area contributed by atoms with Crippen molar-refractivity contribution in [1.82, 2.24) is 9.97 Å². The highest BCUT2D eigenvalue weighted by Crippen LogP contribution is 2.25. The van der Waals surface area contributed by atoms with E-state index < -0.39 is 5.91 Å². The summed E-state index contributed by atoms with van der Waals surface area (Å²) in [5.74, 6) is -1.00. The van der Waals surface area contributed by atoms with Gasteiger partial charge in [0, 0.05) is 23.2 Å². The van der Waals surface area contributed by atoms with Gasteiger partial charge in [0.2, 0.25) is 5.91 Å². The predicted octanol–water partition coefficient (Wildman–Crippen LogP) is 1.16. The number of primary amides is 1. The Morgan fingerprint density at radius 1 is 1.43 bits per heavy atom. The molecule has 112 valence electrons. The van der Waals surface area contributed by atoms with Crippen LogP contribution in [0.15, 0.2) is 17.6 Å². The van der Waals surface area contributed by atoms with Crippen LogP contribution in [0.5, 0.6) is 0 Å². The topological polar surface area (TPSA) is 127 Å². The number of rotatable bonds is 5. The molecule has 6 N–H and O–H groups in total. The molecule has 0 spiro atoms. The van der Waals surface area contributed by atoms with E-state index in [1.54, 1.807) is 31.5 Å². The molecule has 0 fully saturated rings. The highest BCUT2D eigenvalue weighted by Gasteiger charge is 2.18. The summed E-state index contributed by atoms with van der Waals surface area (Å²) in [5, 5.41) is 5.01. The summed E-state index contributed by atoms with van der Waals surface area (Å²) in [5.41, 5.74) is 12.6. The van der Waals surface area contributed by atoms with Gasteiger partial charge in [0.05, 0.1) is 11.6 Å². The van der Waals surface area contributed by atoms with Crippen LogP contribution in [0, 0.1) is 5.92 Å². The van der Waals surface area contributed by atoms with Crippen LogP contribution in [0.25, 0.3) is 11.3 Å². The predicted molar refractivity (Wildman–Crippen MR) is 81.9 cm³/mol. The van der Waals surface area contributed by atoms with Crippen LogP contribution in [-0.2, 0) is 4.79 Å². The van der Waals surface area contributed by atoms with Gasteiger partial charge in [-0.15, -0.1) is 11.3 Å². The summed E-state index contributed by atoms with van der Waals surface area (Å²) in [7, 11) is 0. The lowest BCUT2D eigenvalue weighted by Gasteiger charge is -2.13. The molecular formula is C13H17N5O2S. The van der Waals surface area contributed by atoms with Gasteiger partial charge in [-0.25, -0.2) is 4.98 Å². The zero-order chi connectivity index (χ0) is 15.6. The van der Waals surface area contributed by atoms with Crippen molar-refractivity contribution in [3.63, 3.8) is 0 Å². The van der Waals surface area contributed by atoms with Crippen LogP contribution in [0.4, 0.5) is 5.13 Å². The van der Waals surface area contributed by atoms with Gasteiger partial charge in [0.15, 0.2) is 5.13 Å². The Balaban J connectivity index is 2.10. The van der Waals surface area contributed by atoms with Crippen LogP contribution in [0.2, 0.25) is 0 Å². The Bertz CT molecular complexity index is 661. The van der Waals surface area contributed by atoms with E-state index in [2.05, 4.69) is 15.3 Å². The molecule has 2 aromatic rings. The molecule has 21 heavy (non-hydrogen) atoms. The number of H-pyrrole nitrogens is 1. The number of aromatic nitrogens is 2. The van der Waals surface area contributed by atoms with E-state index in [9.17, 15) is 9.59 Å². The molecule has 2 aromatic heterocycles. The minimum absolute atomic E-state index is 0.169. The second kappa shape index (κ2) is 6.06. The molecule has 2 atom stereocenters. The Kier molecular flexibility index (Phi) is 4.39. The molecule has 2 rings (SSSR count). The van der Waals surface area contributed by atoms with Crippen molar-refractivity contribution in [2.45, 2.75) is 19.9 Å². The number of nitrogens with one attached hydrogen (secondary N) is 2. The molecular weight excluding hydrogens is 290 g/mol. The van der Waals surface area contributed by atoms with Gasteiger partial charge in [-0.2, -0.15) is 0 Å². The number of anilines is 1.